The summed E-state index contributed by atoms with van der Waals surface area (Å²) < 4.78 is 27.7. The smallest absolute Gasteiger partial charge is 0.264 e. The number of rotatable bonds is 5. The van der Waals surface area contributed by atoms with E-state index in [1.807, 2.05) is 37.3 Å². The molecule has 3 rings (SSSR count). The van der Waals surface area contributed by atoms with E-state index in [1.165, 1.54) is 10.4 Å². The number of phenols is 1. The van der Waals surface area contributed by atoms with Crippen molar-refractivity contribution in [2.24, 2.45) is 0 Å². The summed E-state index contributed by atoms with van der Waals surface area (Å²) in [5.41, 5.74) is 2.07. The van der Waals surface area contributed by atoms with Gasteiger partial charge in [-0.2, -0.15) is 0 Å². The van der Waals surface area contributed by atoms with Crippen LogP contribution in [-0.2, 0) is 16.6 Å². The largest absolute Gasteiger partial charge is 0.506 e. The van der Waals surface area contributed by atoms with E-state index in [4.69, 9.17) is 0 Å². The first-order valence-electron chi connectivity index (χ1n) is 7.90. The average molecular weight is 353 g/mol. The molecule has 0 radical (unpaired) electrons. The van der Waals surface area contributed by atoms with Crippen LogP contribution in [0.25, 0.3) is 0 Å². The van der Waals surface area contributed by atoms with E-state index >= 15 is 0 Å². The Morgan fingerprint density at radius 2 is 1.44 bits per heavy atom. The molecule has 0 heterocycles. The molecule has 0 aliphatic rings. The Labute approximate surface area is 148 Å². The van der Waals surface area contributed by atoms with Crippen molar-refractivity contribution >= 4 is 15.7 Å². The number of benzene rings is 3. The standard InChI is InChI=1S/C20H19NO3S/c1-16-11-13-18(14-12-16)25(23,24)21(15-17-7-3-2-4-8-17)19-9-5-6-10-20(19)22/h2-14,22H,15H2,1H3. The lowest BCUT2D eigenvalue weighted by atomic mass is 10.2. The third kappa shape index (κ3) is 3.67. The molecule has 0 fully saturated rings. The molecule has 0 aromatic heterocycles. The quantitative estimate of drug-likeness (QED) is 0.751. The summed E-state index contributed by atoms with van der Waals surface area (Å²) in [6.07, 6.45) is 0. The minimum atomic E-state index is -3.82. The van der Waals surface area contributed by atoms with Crippen LogP contribution in [0.3, 0.4) is 0 Å². The van der Waals surface area contributed by atoms with Gasteiger partial charge in [0.1, 0.15) is 5.75 Å². The van der Waals surface area contributed by atoms with Crippen LogP contribution in [0.5, 0.6) is 5.75 Å². The van der Waals surface area contributed by atoms with Gasteiger partial charge < -0.3 is 5.11 Å². The molecule has 0 atom stereocenters. The van der Waals surface area contributed by atoms with Crippen molar-refractivity contribution in [3.8, 4) is 5.75 Å². The van der Waals surface area contributed by atoms with Gasteiger partial charge in [0.25, 0.3) is 10.0 Å². The lowest BCUT2D eigenvalue weighted by Crippen LogP contribution is -2.30. The van der Waals surface area contributed by atoms with Gasteiger partial charge in [0, 0.05) is 0 Å². The minimum absolute atomic E-state index is 0.0749. The van der Waals surface area contributed by atoms with Gasteiger partial charge in [0.05, 0.1) is 17.1 Å². The Hall–Kier alpha value is -2.79. The Balaban J connectivity index is 2.10. The summed E-state index contributed by atoms with van der Waals surface area (Å²) >= 11 is 0. The van der Waals surface area contributed by atoms with Gasteiger partial charge in [-0.05, 0) is 36.8 Å². The van der Waals surface area contributed by atoms with Crippen LogP contribution in [0.2, 0.25) is 0 Å². The predicted molar refractivity (Wildman–Crippen MR) is 99.1 cm³/mol. The third-order valence-corrected chi connectivity index (χ3v) is 5.70. The molecular weight excluding hydrogens is 334 g/mol. The van der Waals surface area contributed by atoms with Gasteiger partial charge in [-0.25, -0.2) is 8.42 Å². The second-order valence-corrected chi connectivity index (χ2v) is 7.66. The number of hydrogen-bond donors (Lipinski definition) is 1. The normalized spacial score (nSPS) is 11.2. The number of phenolic OH excluding ortho intramolecular Hbond substituents is 1. The van der Waals surface area contributed by atoms with Crippen LogP contribution in [0, 0.1) is 6.92 Å². The molecule has 0 amide bonds. The van der Waals surface area contributed by atoms with Gasteiger partial charge in [-0.3, -0.25) is 4.31 Å². The van der Waals surface area contributed by atoms with Crippen LogP contribution < -0.4 is 4.31 Å². The summed E-state index contributed by atoms with van der Waals surface area (Å²) in [6, 6.07) is 22.5. The lowest BCUT2D eigenvalue weighted by Gasteiger charge is -2.25. The third-order valence-electron chi connectivity index (χ3n) is 3.93. The maximum absolute atomic E-state index is 13.2. The van der Waals surface area contributed by atoms with Gasteiger partial charge in [-0.15, -0.1) is 0 Å². The van der Waals surface area contributed by atoms with Crippen molar-refractivity contribution in [1.29, 1.82) is 0 Å². The first-order chi connectivity index (χ1) is 12.0. The minimum Gasteiger partial charge on any atom is -0.506 e. The van der Waals surface area contributed by atoms with E-state index in [0.717, 1.165) is 11.1 Å². The summed E-state index contributed by atoms with van der Waals surface area (Å²) in [5, 5.41) is 10.2. The maximum Gasteiger partial charge on any atom is 0.264 e. The molecule has 1 N–H and O–H groups in total. The van der Waals surface area contributed by atoms with Crippen molar-refractivity contribution < 1.29 is 13.5 Å². The zero-order valence-electron chi connectivity index (χ0n) is 13.8. The highest BCUT2D eigenvalue weighted by Gasteiger charge is 2.27. The monoisotopic (exact) mass is 353 g/mol. The molecule has 3 aromatic carbocycles. The summed E-state index contributed by atoms with van der Waals surface area (Å²) in [7, 11) is -3.82. The highest BCUT2D eigenvalue weighted by molar-refractivity contribution is 7.92. The molecule has 0 spiro atoms. The zero-order valence-corrected chi connectivity index (χ0v) is 14.6. The fraction of sp³-hybridized carbons (Fsp3) is 0.100. The highest BCUT2D eigenvalue weighted by Crippen LogP contribution is 2.32. The fourth-order valence-electron chi connectivity index (χ4n) is 2.56. The molecule has 0 aliphatic heterocycles. The fourth-order valence-corrected chi connectivity index (χ4v) is 4.03. The maximum atomic E-state index is 13.2. The molecule has 0 saturated carbocycles. The number of anilines is 1. The van der Waals surface area contributed by atoms with Crippen molar-refractivity contribution in [3.63, 3.8) is 0 Å². The molecule has 4 nitrogen and oxygen atoms in total. The number of aromatic hydroxyl groups is 1. The van der Waals surface area contributed by atoms with Crippen molar-refractivity contribution in [1.82, 2.24) is 0 Å². The molecule has 128 valence electrons. The Bertz CT molecular complexity index is 952. The first-order valence-corrected chi connectivity index (χ1v) is 9.34. The van der Waals surface area contributed by atoms with Crippen LogP contribution in [0.15, 0.2) is 83.8 Å². The van der Waals surface area contributed by atoms with Crippen LogP contribution >= 0.6 is 0 Å². The van der Waals surface area contributed by atoms with E-state index in [-0.39, 0.29) is 22.9 Å². The van der Waals surface area contributed by atoms with Crippen molar-refractivity contribution in [2.75, 3.05) is 4.31 Å². The summed E-state index contributed by atoms with van der Waals surface area (Å²) in [5.74, 6) is -0.0749. The zero-order chi connectivity index (χ0) is 17.9. The molecule has 25 heavy (non-hydrogen) atoms. The lowest BCUT2D eigenvalue weighted by molar-refractivity contribution is 0.475. The van der Waals surface area contributed by atoms with E-state index in [2.05, 4.69) is 0 Å². The number of aryl methyl sites for hydroxylation is 1. The van der Waals surface area contributed by atoms with Gasteiger partial charge in [0.2, 0.25) is 0 Å². The van der Waals surface area contributed by atoms with Crippen LogP contribution in [0.4, 0.5) is 5.69 Å². The first kappa shape index (κ1) is 17.0. The Morgan fingerprint density at radius 3 is 2.08 bits per heavy atom. The molecule has 3 aromatic rings. The van der Waals surface area contributed by atoms with Crippen molar-refractivity contribution in [3.05, 3.63) is 90.0 Å². The van der Waals surface area contributed by atoms with Gasteiger partial charge >= 0.3 is 0 Å². The molecular formula is C20H19NO3S. The molecule has 0 bridgehead atoms. The van der Waals surface area contributed by atoms with E-state index in [1.54, 1.807) is 42.5 Å². The van der Waals surface area contributed by atoms with Crippen molar-refractivity contribution in [2.45, 2.75) is 18.4 Å². The van der Waals surface area contributed by atoms with E-state index in [9.17, 15) is 13.5 Å². The second kappa shape index (κ2) is 6.99. The number of hydrogen-bond acceptors (Lipinski definition) is 3. The topological polar surface area (TPSA) is 57.6 Å². The number of para-hydroxylation sites is 2. The van der Waals surface area contributed by atoms with Gasteiger partial charge in [0.15, 0.2) is 0 Å². The van der Waals surface area contributed by atoms with E-state index in [0.29, 0.717) is 0 Å². The Morgan fingerprint density at radius 1 is 0.840 bits per heavy atom. The molecule has 0 saturated heterocycles. The summed E-state index contributed by atoms with van der Waals surface area (Å²) in [4.78, 5) is 0.192. The highest BCUT2D eigenvalue weighted by atomic mass is 32.2. The second-order valence-electron chi connectivity index (χ2n) is 5.80. The molecule has 5 heteroatoms. The van der Waals surface area contributed by atoms with Crippen LogP contribution in [0.1, 0.15) is 11.1 Å². The number of sulfonamides is 1. The van der Waals surface area contributed by atoms with Gasteiger partial charge in [-0.1, -0.05) is 60.2 Å². The number of nitrogens with zero attached hydrogens (tertiary/aromatic N) is 1. The molecule has 0 unspecified atom stereocenters. The molecule has 0 aliphatic carbocycles. The predicted octanol–water partition coefficient (Wildman–Crippen LogP) is 4.10. The average Bonchev–Trinajstić information content (AvgIpc) is 2.62. The SMILES string of the molecule is Cc1ccc(S(=O)(=O)N(Cc2ccccc2)c2ccccc2O)cc1. The Kier molecular flexibility index (Phi) is 4.76. The van der Waals surface area contributed by atoms with Crippen LogP contribution in [-0.4, -0.2) is 13.5 Å². The van der Waals surface area contributed by atoms with E-state index < -0.39 is 10.0 Å². The summed E-state index contributed by atoms with van der Waals surface area (Å²) in [6.45, 7) is 2.04.